The molecule has 1 aromatic rings. The quantitative estimate of drug-likeness (QED) is 0.881. The molecule has 0 saturated carbocycles. The molecule has 0 spiro atoms. The molecule has 0 amide bonds. The van der Waals surface area contributed by atoms with E-state index < -0.39 is 12.6 Å². The number of thiophene rings is 1. The Labute approximate surface area is 114 Å². The Bertz CT molecular complexity index is 412. The number of halogens is 2. The molecule has 0 unspecified atom stereocenters. The van der Waals surface area contributed by atoms with Gasteiger partial charge in [-0.1, -0.05) is 13.8 Å². The number of nitriles is 1. The number of carbonyl (C=O) groups is 1. The molecule has 0 aliphatic carbocycles. The third kappa shape index (κ3) is 4.12. The van der Waals surface area contributed by atoms with Crippen molar-refractivity contribution in [3.8, 4) is 11.8 Å². The molecule has 1 aromatic heterocycles. The minimum absolute atomic E-state index is 0.270. The Kier molecular flexibility index (Phi) is 7.38. The number of hydrogen-bond acceptors (Lipinski definition) is 4. The lowest BCUT2D eigenvalue weighted by Gasteiger charge is -2.00. The first-order valence-corrected chi connectivity index (χ1v) is 6.69. The monoisotopic (exact) mass is 369 g/mol. The predicted molar refractivity (Wildman–Crippen MR) is 68.9 cm³/mol. The summed E-state index contributed by atoms with van der Waals surface area (Å²) in [5, 5.41) is 17.1. The molecule has 1 rings (SSSR count). The molecular formula is C9H9Br2NO3S. The third-order valence-corrected chi connectivity index (χ3v) is 4.51. The van der Waals surface area contributed by atoms with E-state index in [-0.39, 0.29) is 5.75 Å². The van der Waals surface area contributed by atoms with Crippen LogP contribution in [0.3, 0.4) is 0 Å². The first kappa shape index (κ1) is 15.4. The van der Waals surface area contributed by atoms with Crippen LogP contribution in [0.1, 0.15) is 18.7 Å². The maximum atomic E-state index is 10.3. The number of carboxylic acid groups (broad SMARTS) is 1. The molecule has 16 heavy (non-hydrogen) atoms. The molecule has 4 nitrogen and oxygen atoms in total. The van der Waals surface area contributed by atoms with Crippen molar-refractivity contribution in [2.24, 2.45) is 0 Å². The normalized spacial score (nSPS) is 8.69. The molecule has 0 fully saturated rings. The summed E-state index contributed by atoms with van der Waals surface area (Å²) in [4.78, 5) is 10.6. The van der Waals surface area contributed by atoms with Gasteiger partial charge in [0, 0.05) is 0 Å². The van der Waals surface area contributed by atoms with Crippen molar-refractivity contribution in [1.29, 1.82) is 5.26 Å². The topological polar surface area (TPSA) is 70.3 Å². The molecule has 0 radical (unpaired) electrons. The Hall–Kier alpha value is -0.580. The highest BCUT2D eigenvalue weighted by Crippen LogP contribution is 2.42. The second-order valence-corrected chi connectivity index (χ2v) is 5.27. The molecule has 1 heterocycles. The van der Waals surface area contributed by atoms with Gasteiger partial charge in [0.25, 0.3) is 0 Å². The Morgan fingerprint density at radius 2 is 2.12 bits per heavy atom. The molecule has 0 aromatic carbocycles. The molecule has 0 saturated heterocycles. The first-order valence-electron chi connectivity index (χ1n) is 4.28. The summed E-state index contributed by atoms with van der Waals surface area (Å²) in [6.45, 7) is 3.54. The highest BCUT2D eigenvalue weighted by atomic mass is 79.9. The summed E-state index contributed by atoms with van der Waals surface area (Å²) in [5.74, 6) is -0.810. The zero-order chi connectivity index (χ0) is 12.7. The lowest BCUT2D eigenvalue weighted by molar-refractivity contribution is -0.139. The second kappa shape index (κ2) is 7.65. The highest BCUT2D eigenvalue weighted by molar-refractivity contribution is 9.13. The lowest BCUT2D eigenvalue weighted by atomic mass is 10.4. The van der Waals surface area contributed by atoms with E-state index in [1.807, 2.05) is 19.9 Å². The van der Waals surface area contributed by atoms with Crippen molar-refractivity contribution in [2.75, 3.05) is 6.61 Å². The molecule has 1 N–H and O–H groups in total. The SMILES string of the molecule is CC.N#Cc1sc(Br)c(Br)c1OCC(=O)O. The van der Waals surface area contributed by atoms with Gasteiger partial charge >= 0.3 is 5.97 Å². The number of aliphatic carboxylic acids is 1. The highest BCUT2D eigenvalue weighted by Gasteiger charge is 2.16. The van der Waals surface area contributed by atoms with Crippen LogP contribution >= 0.6 is 43.2 Å². The minimum Gasteiger partial charge on any atom is -0.479 e. The van der Waals surface area contributed by atoms with E-state index >= 15 is 0 Å². The summed E-state index contributed by atoms with van der Waals surface area (Å²) >= 11 is 7.58. The van der Waals surface area contributed by atoms with Crippen LogP contribution in [0.4, 0.5) is 0 Å². The smallest absolute Gasteiger partial charge is 0.341 e. The summed E-state index contributed by atoms with van der Waals surface area (Å²) in [6.07, 6.45) is 0. The zero-order valence-corrected chi connectivity index (χ0v) is 12.6. The van der Waals surface area contributed by atoms with Crippen LogP contribution in [0, 0.1) is 11.3 Å². The average Bonchev–Trinajstić information content (AvgIpc) is 2.55. The van der Waals surface area contributed by atoms with Gasteiger partial charge in [-0.05, 0) is 31.9 Å². The van der Waals surface area contributed by atoms with Crippen LogP contribution in [0.25, 0.3) is 0 Å². The number of carboxylic acids is 1. The second-order valence-electron chi connectivity index (χ2n) is 2.14. The zero-order valence-electron chi connectivity index (χ0n) is 8.58. The Balaban J connectivity index is 0.00000106. The Morgan fingerprint density at radius 3 is 2.56 bits per heavy atom. The van der Waals surface area contributed by atoms with E-state index in [0.29, 0.717) is 13.1 Å². The molecule has 0 bridgehead atoms. The van der Waals surface area contributed by atoms with E-state index in [0.717, 1.165) is 0 Å². The number of rotatable bonds is 3. The standard InChI is InChI=1S/C7H3Br2NO3S.C2H6/c8-5-6(13-2-4(11)12)3(1-10)14-7(5)9;1-2/h2H2,(H,11,12);1-2H3. The van der Waals surface area contributed by atoms with Crippen molar-refractivity contribution >= 4 is 49.2 Å². The average molecular weight is 371 g/mol. The van der Waals surface area contributed by atoms with Crippen LogP contribution in [0.5, 0.6) is 5.75 Å². The number of hydrogen-bond donors (Lipinski definition) is 1. The van der Waals surface area contributed by atoms with Gasteiger partial charge in [-0.25, -0.2) is 4.79 Å². The lowest BCUT2D eigenvalue weighted by Crippen LogP contribution is -2.09. The van der Waals surface area contributed by atoms with Gasteiger partial charge in [0.2, 0.25) is 0 Å². The van der Waals surface area contributed by atoms with Crippen molar-refractivity contribution in [1.82, 2.24) is 0 Å². The van der Waals surface area contributed by atoms with E-state index in [9.17, 15) is 4.79 Å². The summed E-state index contributed by atoms with van der Waals surface area (Å²) in [6, 6.07) is 1.92. The molecular weight excluding hydrogens is 362 g/mol. The van der Waals surface area contributed by atoms with Crippen LogP contribution < -0.4 is 4.74 Å². The fraction of sp³-hybridized carbons (Fsp3) is 0.333. The van der Waals surface area contributed by atoms with Crippen molar-refractivity contribution < 1.29 is 14.6 Å². The van der Waals surface area contributed by atoms with E-state index in [1.54, 1.807) is 0 Å². The van der Waals surface area contributed by atoms with Crippen molar-refractivity contribution in [2.45, 2.75) is 13.8 Å². The number of ether oxygens (including phenoxy) is 1. The maximum absolute atomic E-state index is 10.3. The fourth-order valence-corrected chi connectivity index (χ4v) is 2.72. The van der Waals surface area contributed by atoms with E-state index in [4.69, 9.17) is 15.1 Å². The van der Waals surface area contributed by atoms with Crippen LogP contribution in [-0.4, -0.2) is 17.7 Å². The largest absolute Gasteiger partial charge is 0.479 e. The van der Waals surface area contributed by atoms with Crippen LogP contribution in [0.15, 0.2) is 8.26 Å². The number of nitrogens with zero attached hydrogens (tertiary/aromatic N) is 1. The van der Waals surface area contributed by atoms with Crippen molar-refractivity contribution in [3.05, 3.63) is 13.1 Å². The van der Waals surface area contributed by atoms with Gasteiger partial charge in [-0.15, -0.1) is 11.3 Å². The predicted octanol–water partition coefficient (Wildman–Crippen LogP) is 3.63. The van der Waals surface area contributed by atoms with Gasteiger partial charge in [-0.2, -0.15) is 5.26 Å². The maximum Gasteiger partial charge on any atom is 0.341 e. The van der Waals surface area contributed by atoms with Crippen LogP contribution in [-0.2, 0) is 4.79 Å². The van der Waals surface area contributed by atoms with Gasteiger partial charge in [-0.3, -0.25) is 0 Å². The molecule has 7 heteroatoms. The molecule has 88 valence electrons. The van der Waals surface area contributed by atoms with Gasteiger partial charge in [0.15, 0.2) is 12.4 Å². The summed E-state index contributed by atoms with van der Waals surface area (Å²) < 4.78 is 6.23. The van der Waals surface area contributed by atoms with E-state index in [2.05, 4.69) is 31.9 Å². The van der Waals surface area contributed by atoms with Crippen molar-refractivity contribution in [3.63, 3.8) is 0 Å². The first-order chi connectivity index (χ1) is 7.56. The minimum atomic E-state index is -1.08. The molecule has 0 aliphatic rings. The van der Waals surface area contributed by atoms with Gasteiger partial charge in [0.1, 0.15) is 10.9 Å². The third-order valence-electron chi connectivity index (χ3n) is 1.21. The Morgan fingerprint density at radius 1 is 1.56 bits per heavy atom. The summed E-state index contributed by atoms with van der Waals surface area (Å²) in [5.41, 5.74) is 0. The van der Waals surface area contributed by atoms with Gasteiger partial charge in [0.05, 0.1) is 8.26 Å². The van der Waals surface area contributed by atoms with E-state index in [1.165, 1.54) is 11.3 Å². The molecule has 0 aliphatic heterocycles. The summed E-state index contributed by atoms with van der Waals surface area (Å²) in [7, 11) is 0. The fourth-order valence-electron chi connectivity index (χ4n) is 0.706. The van der Waals surface area contributed by atoms with Gasteiger partial charge < -0.3 is 9.84 Å². The van der Waals surface area contributed by atoms with Crippen LogP contribution in [0.2, 0.25) is 0 Å². The molecule has 0 atom stereocenters.